The zero-order valence-electron chi connectivity index (χ0n) is 10.9. The summed E-state index contributed by atoms with van der Waals surface area (Å²) in [7, 11) is 1.98. The van der Waals surface area contributed by atoms with Gasteiger partial charge in [0.25, 0.3) is 0 Å². The Balaban J connectivity index is 2.19. The zero-order chi connectivity index (χ0) is 13.8. The van der Waals surface area contributed by atoms with Crippen molar-refractivity contribution in [1.29, 1.82) is 0 Å². The number of nitrogens with zero attached hydrogens (tertiary/aromatic N) is 3. The Labute approximate surface area is 121 Å². The van der Waals surface area contributed by atoms with Crippen molar-refractivity contribution in [2.45, 2.75) is 13.5 Å². The second-order valence-electron chi connectivity index (χ2n) is 4.35. The normalized spacial score (nSPS) is 10.3. The highest BCUT2D eigenvalue weighted by molar-refractivity contribution is 9.10. The van der Waals surface area contributed by atoms with E-state index < -0.39 is 0 Å². The van der Waals surface area contributed by atoms with E-state index in [-0.39, 0.29) is 0 Å². The molecule has 0 aliphatic carbocycles. The van der Waals surface area contributed by atoms with Crippen LogP contribution in [0.3, 0.4) is 0 Å². The van der Waals surface area contributed by atoms with E-state index in [0.29, 0.717) is 5.95 Å². The van der Waals surface area contributed by atoms with E-state index >= 15 is 0 Å². The van der Waals surface area contributed by atoms with Gasteiger partial charge in [0.1, 0.15) is 5.82 Å². The summed E-state index contributed by atoms with van der Waals surface area (Å²) in [5, 5.41) is 0. The second-order valence-corrected chi connectivity index (χ2v) is 5.21. The van der Waals surface area contributed by atoms with Crippen molar-refractivity contribution in [3.63, 3.8) is 0 Å². The lowest BCUT2D eigenvalue weighted by Gasteiger charge is -2.20. The quantitative estimate of drug-likeness (QED) is 0.669. The molecule has 0 unspecified atom stereocenters. The van der Waals surface area contributed by atoms with Gasteiger partial charge in [-0.3, -0.25) is 5.43 Å². The Hall–Kier alpha value is -1.66. The van der Waals surface area contributed by atoms with Crippen LogP contribution in [0.2, 0.25) is 0 Å². The zero-order valence-corrected chi connectivity index (χ0v) is 12.5. The van der Waals surface area contributed by atoms with Crippen molar-refractivity contribution < 1.29 is 0 Å². The molecule has 1 aromatic carbocycles. The number of anilines is 2. The summed E-state index contributed by atoms with van der Waals surface area (Å²) < 4.78 is 0.834. The lowest BCUT2D eigenvalue weighted by molar-refractivity contribution is 0.885. The van der Waals surface area contributed by atoms with Crippen LogP contribution in [-0.2, 0) is 6.54 Å². The fourth-order valence-electron chi connectivity index (χ4n) is 1.74. The molecule has 19 heavy (non-hydrogen) atoms. The van der Waals surface area contributed by atoms with Crippen molar-refractivity contribution in [3.8, 4) is 0 Å². The lowest BCUT2D eigenvalue weighted by atomic mass is 10.1. The summed E-state index contributed by atoms with van der Waals surface area (Å²) in [5.74, 6) is 6.52. The topological polar surface area (TPSA) is 67.1 Å². The third kappa shape index (κ3) is 3.42. The Bertz CT molecular complexity index is 555. The van der Waals surface area contributed by atoms with Gasteiger partial charge in [-0.2, -0.15) is 4.98 Å². The van der Waals surface area contributed by atoms with E-state index in [9.17, 15) is 0 Å². The maximum atomic E-state index is 5.33. The van der Waals surface area contributed by atoms with Crippen molar-refractivity contribution >= 4 is 27.7 Å². The van der Waals surface area contributed by atoms with Crippen molar-refractivity contribution in [1.82, 2.24) is 9.97 Å². The Kier molecular flexibility index (Phi) is 4.34. The smallest absolute Gasteiger partial charge is 0.239 e. The first kappa shape index (κ1) is 13.8. The molecule has 1 heterocycles. The molecule has 0 spiro atoms. The molecule has 0 saturated carbocycles. The first-order valence-electron chi connectivity index (χ1n) is 5.86. The van der Waals surface area contributed by atoms with Gasteiger partial charge < -0.3 is 4.90 Å². The summed E-state index contributed by atoms with van der Waals surface area (Å²) in [6.07, 6.45) is 1.68. The van der Waals surface area contributed by atoms with Gasteiger partial charge in [0.15, 0.2) is 0 Å². The molecule has 0 aliphatic heterocycles. The minimum Gasteiger partial charge on any atom is -0.354 e. The standard InChI is InChI=1S/C13H16BrN5/c1-9-3-5-10(6-4-9)8-19(2)12-11(14)7-16-13(17-12)18-15/h3-7H,8,15H2,1-2H3,(H,16,17,18). The number of aromatic nitrogens is 2. The van der Waals surface area contributed by atoms with Crippen molar-refractivity contribution in [3.05, 3.63) is 46.1 Å². The third-order valence-corrected chi connectivity index (χ3v) is 3.32. The summed E-state index contributed by atoms with van der Waals surface area (Å²) >= 11 is 3.45. The van der Waals surface area contributed by atoms with E-state index in [1.54, 1.807) is 6.20 Å². The number of hydrogen-bond donors (Lipinski definition) is 2. The molecule has 1 aromatic heterocycles. The number of nitrogen functional groups attached to an aromatic ring is 1. The van der Waals surface area contributed by atoms with Gasteiger partial charge in [-0.1, -0.05) is 29.8 Å². The van der Waals surface area contributed by atoms with Crippen LogP contribution in [0.4, 0.5) is 11.8 Å². The minimum atomic E-state index is 0.397. The molecule has 0 bridgehead atoms. The molecule has 0 amide bonds. The summed E-state index contributed by atoms with van der Waals surface area (Å²) in [6, 6.07) is 8.43. The Morgan fingerprint density at radius 2 is 2.00 bits per heavy atom. The van der Waals surface area contributed by atoms with Crippen molar-refractivity contribution in [2.24, 2.45) is 5.84 Å². The van der Waals surface area contributed by atoms with Gasteiger partial charge in [0, 0.05) is 19.8 Å². The highest BCUT2D eigenvalue weighted by Gasteiger charge is 2.10. The van der Waals surface area contributed by atoms with Crippen LogP contribution in [0.1, 0.15) is 11.1 Å². The van der Waals surface area contributed by atoms with Crippen LogP contribution in [0.25, 0.3) is 0 Å². The molecular weight excluding hydrogens is 306 g/mol. The number of hydrogen-bond acceptors (Lipinski definition) is 5. The predicted molar refractivity (Wildman–Crippen MR) is 80.8 cm³/mol. The van der Waals surface area contributed by atoms with Crippen LogP contribution in [0.15, 0.2) is 34.9 Å². The number of benzene rings is 1. The van der Waals surface area contributed by atoms with E-state index in [4.69, 9.17) is 5.84 Å². The highest BCUT2D eigenvalue weighted by Crippen LogP contribution is 2.24. The fraction of sp³-hybridized carbons (Fsp3) is 0.231. The first-order valence-corrected chi connectivity index (χ1v) is 6.65. The van der Waals surface area contributed by atoms with Crippen LogP contribution < -0.4 is 16.2 Å². The molecule has 0 saturated heterocycles. The van der Waals surface area contributed by atoms with Crippen LogP contribution in [0, 0.1) is 6.92 Å². The van der Waals surface area contributed by atoms with Gasteiger partial charge in [0.2, 0.25) is 5.95 Å². The van der Waals surface area contributed by atoms with Crippen LogP contribution in [0.5, 0.6) is 0 Å². The lowest BCUT2D eigenvalue weighted by Crippen LogP contribution is -2.20. The number of aryl methyl sites for hydroxylation is 1. The van der Waals surface area contributed by atoms with Crippen LogP contribution in [-0.4, -0.2) is 17.0 Å². The maximum absolute atomic E-state index is 5.33. The van der Waals surface area contributed by atoms with Gasteiger partial charge in [-0.25, -0.2) is 10.8 Å². The number of rotatable bonds is 4. The van der Waals surface area contributed by atoms with Gasteiger partial charge in [0.05, 0.1) is 4.47 Å². The molecule has 0 aliphatic rings. The predicted octanol–water partition coefficient (Wildman–Crippen LogP) is 2.47. The number of nitrogens with two attached hydrogens (primary N) is 1. The molecule has 3 N–H and O–H groups in total. The largest absolute Gasteiger partial charge is 0.354 e. The van der Waals surface area contributed by atoms with E-state index in [2.05, 4.69) is 62.5 Å². The van der Waals surface area contributed by atoms with Gasteiger partial charge in [-0.05, 0) is 28.4 Å². The van der Waals surface area contributed by atoms with E-state index in [1.807, 2.05) is 11.9 Å². The van der Waals surface area contributed by atoms with E-state index in [0.717, 1.165) is 16.8 Å². The Morgan fingerprint density at radius 3 is 2.63 bits per heavy atom. The Morgan fingerprint density at radius 1 is 1.32 bits per heavy atom. The third-order valence-electron chi connectivity index (χ3n) is 2.76. The number of hydrazine groups is 1. The molecule has 100 valence electrons. The molecule has 0 fully saturated rings. The maximum Gasteiger partial charge on any atom is 0.239 e. The first-order chi connectivity index (χ1) is 9.10. The van der Waals surface area contributed by atoms with Gasteiger partial charge >= 0.3 is 0 Å². The average Bonchev–Trinajstić information content (AvgIpc) is 2.42. The summed E-state index contributed by atoms with van der Waals surface area (Å²) in [4.78, 5) is 10.4. The molecule has 2 aromatic rings. The molecule has 0 radical (unpaired) electrons. The molecule has 2 rings (SSSR count). The summed E-state index contributed by atoms with van der Waals surface area (Å²) in [5.41, 5.74) is 4.93. The van der Waals surface area contributed by atoms with Crippen LogP contribution >= 0.6 is 15.9 Å². The number of nitrogens with one attached hydrogen (secondary N) is 1. The van der Waals surface area contributed by atoms with Gasteiger partial charge in [-0.15, -0.1) is 0 Å². The molecule has 0 atom stereocenters. The molecular formula is C13H16BrN5. The molecule has 6 heteroatoms. The van der Waals surface area contributed by atoms with E-state index in [1.165, 1.54) is 11.1 Å². The molecule has 5 nitrogen and oxygen atoms in total. The monoisotopic (exact) mass is 321 g/mol. The fourth-order valence-corrected chi connectivity index (χ4v) is 2.23. The SMILES string of the molecule is Cc1ccc(CN(C)c2nc(NN)ncc2Br)cc1. The van der Waals surface area contributed by atoms with Crippen molar-refractivity contribution in [2.75, 3.05) is 17.4 Å². The summed E-state index contributed by atoms with van der Waals surface area (Å²) in [6.45, 7) is 2.84. The second kappa shape index (κ2) is 5.99. The minimum absolute atomic E-state index is 0.397. The number of halogens is 1. The average molecular weight is 322 g/mol. The highest BCUT2D eigenvalue weighted by atomic mass is 79.9.